The molecule has 15 heavy (non-hydrogen) atoms. The molecule has 0 saturated carbocycles. The lowest BCUT2D eigenvalue weighted by atomic mass is 10.3. The third-order valence-corrected chi connectivity index (χ3v) is 3.67. The average molecular weight is 282 g/mol. The number of pyridine rings is 1. The number of hydrogen-bond acceptors (Lipinski definition) is 3. The summed E-state index contributed by atoms with van der Waals surface area (Å²) in [6.07, 6.45) is 1.75. The lowest BCUT2D eigenvalue weighted by molar-refractivity contribution is 0.474. The summed E-state index contributed by atoms with van der Waals surface area (Å²) in [5.74, 6) is 0.270. The fourth-order valence-electron chi connectivity index (χ4n) is 1.10. The van der Waals surface area contributed by atoms with Crippen LogP contribution in [0.15, 0.2) is 57.0 Å². The van der Waals surface area contributed by atoms with E-state index in [2.05, 4.69) is 20.9 Å². The fraction of sp³-hybridized carbons (Fsp3) is 0. The van der Waals surface area contributed by atoms with E-state index in [-0.39, 0.29) is 5.75 Å². The molecule has 0 aliphatic heterocycles. The minimum atomic E-state index is 0.270. The van der Waals surface area contributed by atoms with Gasteiger partial charge in [-0.05, 0) is 46.3 Å². The first kappa shape index (κ1) is 10.5. The molecular formula is C11H8BrNOS. The molecular weight excluding hydrogens is 274 g/mol. The Hall–Kier alpha value is -1.00. The number of nitrogens with zero attached hydrogens (tertiary/aromatic N) is 1. The van der Waals surface area contributed by atoms with E-state index < -0.39 is 0 Å². The molecule has 0 saturated heterocycles. The van der Waals surface area contributed by atoms with E-state index in [1.54, 1.807) is 18.3 Å². The quantitative estimate of drug-likeness (QED) is 0.911. The van der Waals surface area contributed by atoms with Crippen LogP contribution in [0.3, 0.4) is 0 Å². The molecule has 2 nitrogen and oxygen atoms in total. The summed E-state index contributed by atoms with van der Waals surface area (Å²) >= 11 is 4.94. The predicted molar refractivity (Wildman–Crippen MR) is 64.2 cm³/mol. The maximum atomic E-state index is 9.31. The van der Waals surface area contributed by atoms with Crippen molar-refractivity contribution in [1.29, 1.82) is 0 Å². The van der Waals surface area contributed by atoms with Crippen LogP contribution in [0.4, 0.5) is 0 Å². The van der Waals surface area contributed by atoms with E-state index in [1.165, 1.54) is 11.8 Å². The largest absolute Gasteiger partial charge is 0.508 e. The Labute approximate surface area is 100 Å². The summed E-state index contributed by atoms with van der Waals surface area (Å²) < 4.78 is 0.957. The van der Waals surface area contributed by atoms with Gasteiger partial charge in [0.15, 0.2) is 0 Å². The van der Waals surface area contributed by atoms with E-state index in [1.807, 2.05) is 24.3 Å². The van der Waals surface area contributed by atoms with Gasteiger partial charge in [0.25, 0.3) is 0 Å². The van der Waals surface area contributed by atoms with Gasteiger partial charge in [-0.2, -0.15) is 0 Å². The van der Waals surface area contributed by atoms with Gasteiger partial charge in [0.1, 0.15) is 10.8 Å². The van der Waals surface area contributed by atoms with Crippen molar-refractivity contribution in [2.45, 2.75) is 9.92 Å². The van der Waals surface area contributed by atoms with Crippen LogP contribution in [0, 0.1) is 0 Å². The van der Waals surface area contributed by atoms with Crippen molar-refractivity contribution in [3.05, 3.63) is 47.1 Å². The normalized spacial score (nSPS) is 10.2. The van der Waals surface area contributed by atoms with E-state index in [0.29, 0.717) is 0 Å². The third kappa shape index (κ3) is 2.73. The van der Waals surface area contributed by atoms with Crippen molar-refractivity contribution >= 4 is 27.7 Å². The van der Waals surface area contributed by atoms with Crippen molar-refractivity contribution in [3.8, 4) is 5.75 Å². The maximum absolute atomic E-state index is 9.31. The number of phenolic OH excluding ortho intramolecular Hbond substituents is 1. The Morgan fingerprint density at radius 2 is 2.07 bits per heavy atom. The zero-order valence-corrected chi connectivity index (χ0v) is 10.1. The van der Waals surface area contributed by atoms with Gasteiger partial charge in [-0.3, -0.25) is 0 Å². The minimum absolute atomic E-state index is 0.270. The molecule has 0 unspecified atom stereocenters. The molecule has 0 fully saturated rings. The van der Waals surface area contributed by atoms with E-state index in [4.69, 9.17) is 0 Å². The number of rotatable bonds is 2. The molecule has 1 aromatic carbocycles. The highest BCUT2D eigenvalue weighted by Crippen LogP contribution is 2.32. The van der Waals surface area contributed by atoms with Crippen LogP contribution in [0.1, 0.15) is 0 Å². The second-order valence-electron chi connectivity index (χ2n) is 2.89. The van der Waals surface area contributed by atoms with E-state index in [0.717, 1.165) is 14.4 Å². The van der Waals surface area contributed by atoms with Gasteiger partial charge in [-0.15, -0.1) is 0 Å². The van der Waals surface area contributed by atoms with Gasteiger partial charge in [0, 0.05) is 11.1 Å². The van der Waals surface area contributed by atoms with Crippen molar-refractivity contribution in [1.82, 2.24) is 4.98 Å². The van der Waals surface area contributed by atoms with Gasteiger partial charge in [-0.25, -0.2) is 4.98 Å². The van der Waals surface area contributed by atoms with Crippen molar-refractivity contribution < 1.29 is 5.11 Å². The molecule has 1 aromatic heterocycles. The summed E-state index contributed by atoms with van der Waals surface area (Å²) in [5.41, 5.74) is 0. The van der Waals surface area contributed by atoms with Crippen LogP contribution in [0.25, 0.3) is 0 Å². The molecule has 4 heteroatoms. The van der Waals surface area contributed by atoms with Gasteiger partial charge < -0.3 is 5.11 Å². The molecule has 0 radical (unpaired) electrons. The van der Waals surface area contributed by atoms with Crippen LogP contribution in [0.5, 0.6) is 5.75 Å². The molecule has 1 N–H and O–H groups in total. The smallest absolute Gasteiger partial charge is 0.116 e. The number of aromatic hydroxyl groups is 1. The molecule has 0 aliphatic carbocycles. The monoisotopic (exact) mass is 281 g/mol. The lowest BCUT2D eigenvalue weighted by Gasteiger charge is -2.02. The second kappa shape index (κ2) is 4.68. The molecule has 0 bridgehead atoms. The van der Waals surface area contributed by atoms with Crippen molar-refractivity contribution in [2.75, 3.05) is 0 Å². The predicted octanol–water partition coefficient (Wildman–Crippen LogP) is 3.70. The minimum Gasteiger partial charge on any atom is -0.508 e. The molecule has 2 rings (SSSR count). The van der Waals surface area contributed by atoms with Gasteiger partial charge in [0.05, 0.1) is 4.47 Å². The highest BCUT2D eigenvalue weighted by Gasteiger charge is 2.03. The third-order valence-electron chi connectivity index (χ3n) is 1.76. The average Bonchev–Trinajstić information content (AvgIpc) is 2.22. The van der Waals surface area contributed by atoms with Crippen LogP contribution < -0.4 is 0 Å². The van der Waals surface area contributed by atoms with Crippen LogP contribution >= 0.6 is 27.7 Å². The van der Waals surface area contributed by atoms with Crippen molar-refractivity contribution in [3.63, 3.8) is 0 Å². The number of halogens is 1. The highest BCUT2D eigenvalue weighted by atomic mass is 79.9. The number of benzene rings is 1. The Kier molecular flexibility index (Phi) is 3.28. The molecule has 0 amide bonds. The highest BCUT2D eigenvalue weighted by molar-refractivity contribution is 9.10. The summed E-state index contributed by atoms with van der Waals surface area (Å²) in [6, 6.07) is 10.9. The summed E-state index contributed by atoms with van der Waals surface area (Å²) in [5, 5.41) is 10.2. The molecule has 76 valence electrons. The molecule has 2 aromatic rings. The molecule has 0 spiro atoms. The van der Waals surface area contributed by atoms with E-state index >= 15 is 0 Å². The Morgan fingerprint density at radius 3 is 2.80 bits per heavy atom. The molecule has 1 heterocycles. The van der Waals surface area contributed by atoms with Crippen LogP contribution in [-0.4, -0.2) is 10.1 Å². The Morgan fingerprint density at radius 1 is 1.20 bits per heavy atom. The van der Waals surface area contributed by atoms with Crippen molar-refractivity contribution in [2.24, 2.45) is 0 Å². The Bertz CT molecular complexity index is 476. The summed E-state index contributed by atoms with van der Waals surface area (Å²) in [7, 11) is 0. The van der Waals surface area contributed by atoms with Gasteiger partial charge in [-0.1, -0.05) is 17.8 Å². The number of aromatic nitrogens is 1. The number of phenols is 1. The first-order valence-electron chi connectivity index (χ1n) is 4.33. The van der Waals surface area contributed by atoms with E-state index in [9.17, 15) is 5.11 Å². The lowest BCUT2D eigenvalue weighted by Crippen LogP contribution is -1.80. The summed E-state index contributed by atoms with van der Waals surface area (Å²) in [4.78, 5) is 5.20. The Balaban J connectivity index is 2.26. The van der Waals surface area contributed by atoms with Crippen LogP contribution in [0.2, 0.25) is 0 Å². The SMILES string of the molecule is Oc1cccc(Sc2ncccc2Br)c1. The van der Waals surface area contributed by atoms with Gasteiger partial charge >= 0.3 is 0 Å². The van der Waals surface area contributed by atoms with Crippen LogP contribution in [-0.2, 0) is 0 Å². The zero-order chi connectivity index (χ0) is 10.7. The van der Waals surface area contributed by atoms with Gasteiger partial charge in [0.2, 0.25) is 0 Å². The zero-order valence-electron chi connectivity index (χ0n) is 7.72. The molecule has 0 aliphatic rings. The topological polar surface area (TPSA) is 33.1 Å². The second-order valence-corrected chi connectivity index (χ2v) is 4.81. The standard InChI is InChI=1S/C11H8BrNOS/c12-10-5-2-6-13-11(10)15-9-4-1-3-8(14)7-9/h1-7,14H. The fourth-order valence-corrected chi connectivity index (χ4v) is 2.43. The summed E-state index contributed by atoms with van der Waals surface area (Å²) in [6.45, 7) is 0. The first-order chi connectivity index (χ1) is 7.25. The molecule has 0 atom stereocenters. The number of hydrogen-bond donors (Lipinski definition) is 1. The first-order valence-corrected chi connectivity index (χ1v) is 5.94. The maximum Gasteiger partial charge on any atom is 0.116 e.